The lowest BCUT2D eigenvalue weighted by Crippen LogP contribution is -2.06. The van der Waals surface area contributed by atoms with Gasteiger partial charge in [0.1, 0.15) is 11.3 Å². The van der Waals surface area contributed by atoms with Gasteiger partial charge in [0, 0.05) is 28.8 Å². The van der Waals surface area contributed by atoms with Crippen molar-refractivity contribution in [3.8, 4) is 0 Å². The Morgan fingerprint density at radius 1 is 1.25 bits per heavy atom. The number of fused-ring (bicyclic) bond motifs is 1. The molecule has 1 heterocycles. The normalized spacial score (nSPS) is 11.6. The zero-order valence-electron chi connectivity index (χ0n) is 12.0. The van der Waals surface area contributed by atoms with Gasteiger partial charge in [-0.3, -0.25) is 10.1 Å². The van der Waals surface area contributed by atoms with E-state index in [1.165, 1.54) is 36.4 Å². The molecule has 2 aromatic carbocycles. The zero-order chi connectivity index (χ0) is 17.3. The molecule has 1 aromatic heterocycles. The van der Waals surface area contributed by atoms with E-state index in [9.17, 15) is 20.0 Å². The van der Waals surface area contributed by atoms with Crippen LogP contribution in [0.1, 0.15) is 11.3 Å². The van der Waals surface area contributed by atoms with Crippen LogP contribution in [0.5, 0.6) is 0 Å². The Labute approximate surface area is 139 Å². The Kier molecular flexibility index (Phi) is 4.01. The van der Waals surface area contributed by atoms with E-state index in [0.717, 1.165) is 6.08 Å². The number of non-ortho nitro benzene ring substituents is 1. The third-order valence-electron chi connectivity index (χ3n) is 3.22. The highest BCUT2D eigenvalue weighted by Crippen LogP contribution is 2.20. The molecule has 1 N–H and O–H groups in total. The summed E-state index contributed by atoms with van der Waals surface area (Å²) >= 11 is 5.87. The fraction of sp³-hybridized carbons (Fsp3) is 0. The molecule has 3 aromatic rings. The minimum atomic E-state index is -0.724. The number of halogens is 1. The van der Waals surface area contributed by atoms with Crippen LogP contribution in [0, 0.1) is 10.1 Å². The summed E-state index contributed by atoms with van der Waals surface area (Å²) in [4.78, 5) is 26.1. The zero-order valence-corrected chi connectivity index (χ0v) is 12.7. The molecule has 0 bridgehead atoms. The molecular weight excluding hydrogens is 336 g/mol. The van der Waals surface area contributed by atoms with E-state index >= 15 is 0 Å². The second kappa shape index (κ2) is 6.13. The third kappa shape index (κ3) is 3.11. The minimum absolute atomic E-state index is 0.107. The van der Waals surface area contributed by atoms with Gasteiger partial charge in [0.05, 0.1) is 4.92 Å². The predicted molar refractivity (Wildman–Crippen MR) is 88.9 cm³/mol. The maximum atomic E-state index is 11.9. The third-order valence-corrected chi connectivity index (χ3v) is 3.46. The van der Waals surface area contributed by atoms with Gasteiger partial charge in [-0.2, -0.15) is 0 Å². The fourth-order valence-electron chi connectivity index (χ4n) is 2.05. The van der Waals surface area contributed by atoms with Crippen molar-refractivity contribution in [2.24, 2.45) is 0 Å². The molecule has 24 heavy (non-hydrogen) atoms. The lowest BCUT2D eigenvalue weighted by atomic mass is 10.1. The van der Waals surface area contributed by atoms with Crippen molar-refractivity contribution in [2.45, 2.75) is 0 Å². The van der Waals surface area contributed by atoms with Crippen LogP contribution in [0.15, 0.2) is 51.7 Å². The number of nitro benzene ring substituents is 1. The molecule has 0 unspecified atom stereocenters. The number of hydrogen-bond donors (Lipinski definition) is 1. The van der Waals surface area contributed by atoms with E-state index in [0.29, 0.717) is 16.1 Å². The summed E-state index contributed by atoms with van der Waals surface area (Å²) in [5, 5.41) is 21.2. The van der Waals surface area contributed by atoms with Crippen LogP contribution < -0.4 is 5.63 Å². The number of benzene rings is 2. The second-order valence-electron chi connectivity index (χ2n) is 4.83. The summed E-state index contributed by atoms with van der Waals surface area (Å²) in [5.41, 5.74) is -0.00217. The first-order chi connectivity index (χ1) is 11.4. The summed E-state index contributed by atoms with van der Waals surface area (Å²) < 4.78 is 5.11. The lowest BCUT2D eigenvalue weighted by Gasteiger charge is -2.01. The molecular formula is C16H9ClN2O5. The standard InChI is InChI=1S/C16H9ClN2O5/c17-10-3-6-15-12(7-10)18-13(16(21)24-15)8-14(20)9-1-4-11(5-2-9)19(22)23/h1-8,20H/b14-8-. The maximum Gasteiger partial charge on any atom is 0.362 e. The average Bonchev–Trinajstić information content (AvgIpc) is 2.56. The average molecular weight is 345 g/mol. The van der Waals surface area contributed by atoms with E-state index in [2.05, 4.69) is 4.98 Å². The van der Waals surface area contributed by atoms with E-state index in [1.807, 2.05) is 0 Å². The van der Waals surface area contributed by atoms with Crippen molar-refractivity contribution in [3.63, 3.8) is 0 Å². The highest BCUT2D eigenvalue weighted by atomic mass is 35.5. The van der Waals surface area contributed by atoms with Gasteiger partial charge in [0.25, 0.3) is 5.69 Å². The van der Waals surface area contributed by atoms with Gasteiger partial charge in [-0.05, 0) is 30.3 Å². The molecule has 0 radical (unpaired) electrons. The molecule has 7 nitrogen and oxygen atoms in total. The molecule has 0 aliphatic carbocycles. The molecule has 0 fully saturated rings. The van der Waals surface area contributed by atoms with Crippen LogP contribution in [0.4, 0.5) is 5.69 Å². The number of aromatic nitrogens is 1. The number of rotatable bonds is 3. The molecule has 0 aliphatic rings. The van der Waals surface area contributed by atoms with Crippen LogP contribution >= 0.6 is 11.6 Å². The largest absolute Gasteiger partial charge is 0.507 e. The van der Waals surface area contributed by atoms with Crippen LogP contribution in [0.25, 0.3) is 22.9 Å². The van der Waals surface area contributed by atoms with Gasteiger partial charge in [0.2, 0.25) is 0 Å². The number of nitrogens with zero attached hydrogens (tertiary/aromatic N) is 2. The Balaban J connectivity index is 2.03. The fourth-order valence-corrected chi connectivity index (χ4v) is 2.22. The molecule has 0 amide bonds. The molecule has 0 aliphatic heterocycles. The Bertz CT molecular complexity index is 1020. The van der Waals surface area contributed by atoms with Crippen molar-refractivity contribution < 1.29 is 14.4 Å². The number of aliphatic hydroxyl groups excluding tert-OH is 1. The van der Waals surface area contributed by atoms with Gasteiger partial charge >= 0.3 is 5.63 Å². The number of nitro groups is 1. The molecule has 120 valence electrons. The smallest absolute Gasteiger partial charge is 0.362 e. The number of hydrogen-bond acceptors (Lipinski definition) is 6. The van der Waals surface area contributed by atoms with E-state index in [4.69, 9.17) is 16.0 Å². The SMILES string of the molecule is O=c1oc2ccc(Cl)cc2nc1/C=C(\O)c1ccc([N+](=O)[O-])cc1. The van der Waals surface area contributed by atoms with Gasteiger partial charge in [-0.25, -0.2) is 9.78 Å². The van der Waals surface area contributed by atoms with E-state index < -0.39 is 10.5 Å². The second-order valence-corrected chi connectivity index (χ2v) is 5.27. The van der Waals surface area contributed by atoms with Crippen molar-refractivity contribution >= 4 is 40.2 Å². The van der Waals surface area contributed by atoms with Gasteiger partial charge in [-0.1, -0.05) is 11.6 Å². The lowest BCUT2D eigenvalue weighted by molar-refractivity contribution is -0.384. The topological polar surface area (TPSA) is 106 Å². The van der Waals surface area contributed by atoms with Crippen LogP contribution in [-0.2, 0) is 0 Å². The van der Waals surface area contributed by atoms with Gasteiger partial charge < -0.3 is 9.52 Å². The Morgan fingerprint density at radius 2 is 1.96 bits per heavy atom. The predicted octanol–water partition coefficient (Wildman–Crippen LogP) is 3.81. The van der Waals surface area contributed by atoms with Crippen LogP contribution in [-0.4, -0.2) is 15.0 Å². The highest BCUT2D eigenvalue weighted by molar-refractivity contribution is 6.31. The van der Waals surface area contributed by atoms with Crippen LogP contribution in [0.2, 0.25) is 5.02 Å². The summed E-state index contributed by atoms with van der Waals surface area (Å²) in [6.45, 7) is 0. The van der Waals surface area contributed by atoms with Crippen molar-refractivity contribution in [1.29, 1.82) is 0 Å². The molecule has 3 rings (SSSR count). The molecule has 0 saturated heterocycles. The molecule has 0 spiro atoms. The van der Waals surface area contributed by atoms with Crippen molar-refractivity contribution in [2.75, 3.05) is 0 Å². The van der Waals surface area contributed by atoms with Gasteiger partial charge in [-0.15, -0.1) is 0 Å². The van der Waals surface area contributed by atoms with E-state index in [1.54, 1.807) is 6.07 Å². The summed E-state index contributed by atoms with van der Waals surface area (Å²) in [7, 11) is 0. The molecule has 8 heteroatoms. The molecule has 0 saturated carbocycles. The summed E-state index contributed by atoms with van der Waals surface area (Å²) in [6.07, 6.45) is 1.13. The monoisotopic (exact) mass is 344 g/mol. The highest BCUT2D eigenvalue weighted by Gasteiger charge is 2.10. The minimum Gasteiger partial charge on any atom is -0.507 e. The quantitative estimate of drug-likeness (QED) is 0.440. The first-order valence-corrected chi connectivity index (χ1v) is 7.08. The van der Waals surface area contributed by atoms with Crippen molar-refractivity contribution in [3.05, 3.63) is 79.3 Å². The van der Waals surface area contributed by atoms with Gasteiger partial charge in [0.15, 0.2) is 11.3 Å². The summed E-state index contributed by atoms with van der Waals surface area (Å²) in [5.74, 6) is -0.272. The maximum absolute atomic E-state index is 11.9. The number of aliphatic hydroxyl groups is 1. The van der Waals surface area contributed by atoms with Crippen molar-refractivity contribution in [1.82, 2.24) is 4.98 Å². The Hall–Kier alpha value is -3.19. The van der Waals surface area contributed by atoms with E-state index in [-0.39, 0.29) is 22.7 Å². The first kappa shape index (κ1) is 15.7. The first-order valence-electron chi connectivity index (χ1n) is 6.70. The Morgan fingerprint density at radius 3 is 2.62 bits per heavy atom. The van der Waals surface area contributed by atoms with Crippen LogP contribution in [0.3, 0.4) is 0 Å². The molecule has 0 atom stereocenters. The summed E-state index contributed by atoms with van der Waals surface area (Å²) in [6, 6.07) is 9.84.